The van der Waals surface area contributed by atoms with E-state index >= 15 is 0 Å². The highest BCUT2D eigenvalue weighted by atomic mass is 32.2. The second kappa shape index (κ2) is 8.07. The average molecular weight is 356 g/mol. The first kappa shape index (κ1) is 17.4. The Balaban J connectivity index is 1.46. The highest BCUT2D eigenvalue weighted by Crippen LogP contribution is 2.33. The Morgan fingerprint density at radius 3 is 2.96 bits per heavy atom. The van der Waals surface area contributed by atoms with E-state index < -0.39 is 0 Å². The Bertz CT molecular complexity index is 792. The lowest BCUT2D eigenvalue weighted by molar-refractivity contribution is -0.116. The number of nitrogens with one attached hydrogen (secondary N) is 2. The summed E-state index contributed by atoms with van der Waals surface area (Å²) in [7, 11) is 0. The lowest BCUT2D eigenvalue weighted by atomic mass is 10.2. The summed E-state index contributed by atoms with van der Waals surface area (Å²) in [6.45, 7) is 2.49. The summed E-state index contributed by atoms with van der Waals surface area (Å²) in [5, 5.41) is 5.68. The van der Waals surface area contributed by atoms with Gasteiger partial charge in [0.1, 0.15) is 5.75 Å². The van der Waals surface area contributed by atoms with Crippen LogP contribution in [-0.2, 0) is 9.59 Å². The van der Waals surface area contributed by atoms with Gasteiger partial charge in [-0.05, 0) is 43.2 Å². The van der Waals surface area contributed by atoms with Crippen molar-refractivity contribution in [1.82, 2.24) is 0 Å². The Morgan fingerprint density at radius 1 is 1.28 bits per heavy atom. The van der Waals surface area contributed by atoms with E-state index in [1.165, 1.54) is 11.8 Å². The van der Waals surface area contributed by atoms with Crippen LogP contribution >= 0.6 is 11.8 Å². The van der Waals surface area contributed by atoms with Crippen molar-refractivity contribution >= 4 is 35.0 Å². The summed E-state index contributed by atoms with van der Waals surface area (Å²) >= 11 is 1.50. The van der Waals surface area contributed by atoms with Crippen LogP contribution in [0.2, 0.25) is 0 Å². The van der Waals surface area contributed by atoms with Gasteiger partial charge in [-0.1, -0.05) is 18.2 Å². The van der Waals surface area contributed by atoms with E-state index in [-0.39, 0.29) is 11.8 Å². The zero-order valence-electron chi connectivity index (χ0n) is 14.0. The second-order valence-electron chi connectivity index (χ2n) is 5.81. The minimum atomic E-state index is -0.0666. The second-order valence-corrected chi connectivity index (χ2v) is 6.83. The molecule has 0 spiro atoms. The maximum Gasteiger partial charge on any atom is 0.234 e. The van der Waals surface area contributed by atoms with Gasteiger partial charge in [-0.2, -0.15) is 0 Å². The number of hydrogen-bond donors (Lipinski definition) is 2. The molecule has 0 radical (unpaired) electrons. The summed E-state index contributed by atoms with van der Waals surface area (Å²) in [6.07, 6.45) is 1.02. The van der Waals surface area contributed by atoms with Crippen LogP contribution in [0, 0.1) is 6.92 Å². The summed E-state index contributed by atoms with van der Waals surface area (Å²) in [5.41, 5.74) is 2.52. The van der Waals surface area contributed by atoms with Crippen molar-refractivity contribution in [3.05, 3.63) is 48.0 Å². The van der Waals surface area contributed by atoms with Gasteiger partial charge >= 0.3 is 0 Å². The molecule has 2 N–H and O–H groups in total. The zero-order chi connectivity index (χ0) is 17.6. The van der Waals surface area contributed by atoms with E-state index in [4.69, 9.17) is 4.74 Å². The van der Waals surface area contributed by atoms with Gasteiger partial charge < -0.3 is 15.4 Å². The average Bonchev–Trinajstić information content (AvgIpc) is 2.60. The fourth-order valence-corrected chi connectivity index (χ4v) is 3.31. The fraction of sp³-hybridized carbons (Fsp3) is 0.263. The molecule has 130 valence electrons. The molecule has 0 saturated carbocycles. The number of amides is 2. The van der Waals surface area contributed by atoms with Gasteiger partial charge in [0, 0.05) is 17.0 Å². The third-order valence-corrected chi connectivity index (χ3v) is 4.87. The van der Waals surface area contributed by atoms with Gasteiger partial charge in [-0.25, -0.2) is 0 Å². The minimum Gasteiger partial charge on any atom is -0.493 e. The van der Waals surface area contributed by atoms with E-state index in [1.54, 1.807) is 6.07 Å². The molecule has 5 nitrogen and oxygen atoms in total. The number of benzene rings is 2. The highest BCUT2D eigenvalue weighted by molar-refractivity contribution is 8.00. The number of para-hydroxylation sites is 1. The maximum atomic E-state index is 12.1. The molecular formula is C19H20N2O3S. The summed E-state index contributed by atoms with van der Waals surface area (Å²) in [5.74, 6) is 1.20. The van der Waals surface area contributed by atoms with Gasteiger partial charge in [-0.3, -0.25) is 9.59 Å². The molecule has 0 unspecified atom stereocenters. The number of thioether (sulfide) groups is 1. The van der Waals surface area contributed by atoms with Crippen LogP contribution in [0.25, 0.3) is 0 Å². The molecule has 6 heteroatoms. The molecule has 1 aliphatic rings. The standard InChI is InChI=1S/C19H20N2O3S/c1-13-5-2-3-6-16(13)24-10-4-7-18(22)20-14-8-9-17-15(11-14)21-19(23)12-25-17/h2-3,5-6,8-9,11H,4,7,10,12H2,1H3,(H,20,22)(H,21,23). The Morgan fingerprint density at radius 2 is 2.12 bits per heavy atom. The van der Waals surface area contributed by atoms with Crippen molar-refractivity contribution < 1.29 is 14.3 Å². The van der Waals surface area contributed by atoms with Crippen LogP contribution in [0.5, 0.6) is 5.75 Å². The molecule has 2 aromatic carbocycles. The van der Waals surface area contributed by atoms with Gasteiger partial charge in [0.05, 0.1) is 18.0 Å². The van der Waals surface area contributed by atoms with Gasteiger partial charge in [0.2, 0.25) is 11.8 Å². The summed E-state index contributed by atoms with van der Waals surface area (Å²) in [4.78, 5) is 24.5. The Kier molecular flexibility index (Phi) is 5.60. The number of aryl methyl sites for hydroxylation is 1. The molecule has 1 heterocycles. The van der Waals surface area contributed by atoms with Crippen molar-refractivity contribution in [3.8, 4) is 5.75 Å². The molecule has 0 bridgehead atoms. The third kappa shape index (κ3) is 4.76. The molecule has 3 rings (SSSR count). The van der Waals surface area contributed by atoms with Crippen molar-refractivity contribution in [2.45, 2.75) is 24.7 Å². The van der Waals surface area contributed by atoms with Crippen LogP contribution in [-0.4, -0.2) is 24.2 Å². The van der Waals surface area contributed by atoms with E-state index in [1.807, 2.05) is 43.3 Å². The summed E-state index contributed by atoms with van der Waals surface area (Å²) in [6, 6.07) is 13.4. The van der Waals surface area contributed by atoms with Crippen LogP contribution in [0.15, 0.2) is 47.4 Å². The molecule has 1 aliphatic heterocycles. The molecule has 25 heavy (non-hydrogen) atoms. The monoisotopic (exact) mass is 356 g/mol. The number of carbonyl (C=O) groups excluding carboxylic acids is 2. The van der Waals surface area contributed by atoms with Crippen molar-refractivity contribution in [2.24, 2.45) is 0 Å². The lowest BCUT2D eigenvalue weighted by Crippen LogP contribution is -2.19. The molecular weight excluding hydrogens is 336 g/mol. The van der Waals surface area contributed by atoms with Gasteiger partial charge in [0.15, 0.2) is 0 Å². The first-order valence-electron chi connectivity index (χ1n) is 8.17. The van der Waals surface area contributed by atoms with Crippen molar-refractivity contribution in [3.63, 3.8) is 0 Å². The molecule has 0 fully saturated rings. The first-order valence-corrected chi connectivity index (χ1v) is 9.15. The number of fused-ring (bicyclic) bond motifs is 1. The Labute approximate surface area is 151 Å². The number of anilines is 2. The summed E-state index contributed by atoms with van der Waals surface area (Å²) < 4.78 is 5.69. The van der Waals surface area contributed by atoms with Crippen LogP contribution in [0.3, 0.4) is 0 Å². The molecule has 0 saturated heterocycles. The molecule has 0 atom stereocenters. The number of carbonyl (C=O) groups is 2. The topological polar surface area (TPSA) is 67.4 Å². The lowest BCUT2D eigenvalue weighted by Gasteiger charge is -2.17. The third-order valence-electron chi connectivity index (χ3n) is 3.80. The van der Waals surface area contributed by atoms with E-state index in [9.17, 15) is 9.59 Å². The minimum absolute atomic E-state index is 0.0191. The van der Waals surface area contributed by atoms with Crippen LogP contribution < -0.4 is 15.4 Å². The quantitative estimate of drug-likeness (QED) is 0.772. The van der Waals surface area contributed by atoms with Crippen LogP contribution in [0.1, 0.15) is 18.4 Å². The van der Waals surface area contributed by atoms with E-state index in [0.717, 1.165) is 21.9 Å². The molecule has 2 aromatic rings. The van der Waals surface area contributed by atoms with Crippen molar-refractivity contribution in [1.29, 1.82) is 0 Å². The maximum absolute atomic E-state index is 12.1. The number of ether oxygens (including phenoxy) is 1. The highest BCUT2D eigenvalue weighted by Gasteiger charge is 2.15. The number of hydrogen-bond acceptors (Lipinski definition) is 4. The van der Waals surface area contributed by atoms with E-state index in [0.29, 0.717) is 30.9 Å². The SMILES string of the molecule is Cc1ccccc1OCCCC(=O)Nc1ccc2c(c1)NC(=O)CS2. The van der Waals surface area contributed by atoms with E-state index in [2.05, 4.69) is 10.6 Å². The largest absolute Gasteiger partial charge is 0.493 e. The Hall–Kier alpha value is -2.47. The number of rotatable bonds is 6. The van der Waals surface area contributed by atoms with Gasteiger partial charge in [-0.15, -0.1) is 11.8 Å². The smallest absolute Gasteiger partial charge is 0.234 e. The molecule has 0 aliphatic carbocycles. The predicted molar refractivity (Wildman–Crippen MR) is 100 cm³/mol. The zero-order valence-corrected chi connectivity index (χ0v) is 14.8. The first-order chi connectivity index (χ1) is 12.1. The molecule has 2 amide bonds. The normalized spacial score (nSPS) is 12.9. The fourth-order valence-electron chi connectivity index (χ4n) is 2.52. The van der Waals surface area contributed by atoms with Crippen molar-refractivity contribution in [2.75, 3.05) is 23.0 Å². The predicted octanol–water partition coefficient (Wildman–Crippen LogP) is 3.84. The van der Waals surface area contributed by atoms with Crippen LogP contribution in [0.4, 0.5) is 11.4 Å². The van der Waals surface area contributed by atoms with Gasteiger partial charge in [0.25, 0.3) is 0 Å². The molecule has 0 aromatic heterocycles.